The molecule has 0 amide bonds. The number of fused-ring (bicyclic) bond motifs is 1. The number of hydrogen-bond donors (Lipinski definition) is 0. The Kier molecular flexibility index (Phi) is 2.99. The zero-order chi connectivity index (χ0) is 14.1. The first kappa shape index (κ1) is 12.3. The van der Waals surface area contributed by atoms with Crippen molar-refractivity contribution in [2.75, 3.05) is 18.0 Å². The van der Waals surface area contributed by atoms with Gasteiger partial charge in [0.1, 0.15) is 18.5 Å². The number of piperidine rings is 1. The highest BCUT2D eigenvalue weighted by Crippen LogP contribution is 2.25. The Morgan fingerprint density at radius 1 is 0.952 bits per heavy atom. The van der Waals surface area contributed by atoms with Crippen LogP contribution in [0.4, 0.5) is 5.82 Å². The Morgan fingerprint density at radius 2 is 1.67 bits per heavy atom. The monoisotopic (exact) mass is 280 g/mol. The molecule has 1 aliphatic rings. The van der Waals surface area contributed by atoms with Crippen molar-refractivity contribution < 1.29 is 0 Å². The van der Waals surface area contributed by atoms with Gasteiger partial charge in [-0.1, -0.05) is 12.1 Å². The van der Waals surface area contributed by atoms with Gasteiger partial charge in [0.15, 0.2) is 0 Å². The van der Waals surface area contributed by atoms with Gasteiger partial charge in [-0.3, -0.25) is 4.98 Å². The van der Waals surface area contributed by atoms with Crippen LogP contribution in [0.25, 0.3) is 11.0 Å². The summed E-state index contributed by atoms with van der Waals surface area (Å²) < 4.78 is 2.10. The first-order valence-electron chi connectivity index (χ1n) is 7.21. The molecule has 6 nitrogen and oxygen atoms in total. The highest BCUT2D eigenvalue weighted by molar-refractivity contribution is 5.75. The highest BCUT2D eigenvalue weighted by atomic mass is 15.3. The van der Waals surface area contributed by atoms with E-state index in [1.165, 1.54) is 0 Å². The maximum Gasteiger partial charge on any atom is 0.147 e. The smallest absolute Gasteiger partial charge is 0.147 e. The van der Waals surface area contributed by atoms with E-state index in [4.69, 9.17) is 4.98 Å². The molecule has 0 N–H and O–H groups in total. The standard InChI is InChI=1S/C15H16N6/c1-2-4-14-13(3-1)16-9-15(19-14)20-7-5-12(6-8-20)21-10-17-18-11-21/h1-4,9-12H,5-8H2. The lowest BCUT2D eigenvalue weighted by atomic mass is 10.1. The summed E-state index contributed by atoms with van der Waals surface area (Å²) in [5, 5.41) is 7.77. The number of aromatic nitrogens is 5. The Bertz CT molecular complexity index is 731. The molecule has 1 saturated heterocycles. The minimum Gasteiger partial charge on any atom is -0.355 e. The molecule has 21 heavy (non-hydrogen) atoms. The fraction of sp³-hybridized carbons (Fsp3) is 0.333. The number of anilines is 1. The van der Waals surface area contributed by atoms with Crippen molar-refractivity contribution in [3.05, 3.63) is 43.1 Å². The Labute approximate surface area is 122 Å². The summed E-state index contributed by atoms with van der Waals surface area (Å²) in [7, 11) is 0. The SMILES string of the molecule is c1ccc2nc(N3CCC(n4cnnc4)CC3)cnc2c1. The largest absolute Gasteiger partial charge is 0.355 e. The van der Waals surface area contributed by atoms with E-state index in [1.807, 2.05) is 30.5 Å². The average Bonchev–Trinajstić information content (AvgIpc) is 3.09. The van der Waals surface area contributed by atoms with E-state index in [0.717, 1.165) is 42.8 Å². The van der Waals surface area contributed by atoms with Crippen LogP contribution in [-0.2, 0) is 0 Å². The van der Waals surface area contributed by atoms with Crippen LogP contribution in [0.15, 0.2) is 43.1 Å². The van der Waals surface area contributed by atoms with Gasteiger partial charge >= 0.3 is 0 Å². The van der Waals surface area contributed by atoms with Gasteiger partial charge in [0.05, 0.1) is 17.2 Å². The van der Waals surface area contributed by atoms with Crippen LogP contribution in [-0.4, -0.2) is 37.8 Å². The van der Waals surface area contributed by atoms with Gasteiger partial charge in [-0.05, 0) is 25.0 Å². The summed E-state index contributed by atoms with van der Waals surface area (Å²) in [6.07, 6.45) is 7.63. The highest BCUT2D eigenvalue weighted by Gasteiger charge is 2.21. The molecule has 0 unspecified atom stereocenters. The Morgan fingerprint density at radius 3 is 2.43 bits per heavy atom. The summed E-state index contributed by atoms with van der Waals surface area (Å²) >= 11 is 0. The van der Waals surface area contributed by atoms with E-state index in [1.54, 1.807) is 12.7 Å². The second kappa shape index (κ2) is 5.12. The third kappa shape index (κ3) is 2.33. The molecule has 0 saturated carbocycles. The van der Waals surface area contributed by atoms with Crippen molar-refractivity contribution in [1.82, 2.24) is 24.7 Å². The molecule has 1 aliphatic heterocycles. The minimum absolute atomic E-state index is 0.490. The number of rotatable bonds is 2. The topological polar surface area (TPSA) is 59.7 Å². The van der Waals surface area contributed by atoms with Crippen LogP contribution in [0.1, 0.15) is 18.9 Å². The molecule has 0 radical (unpaired) electrons. The Balaban J connectivity index is 1.52. The fourth-order valence-electron chi connectivity index (χ4n) is 2.89. The Hall–Kier alpha value is -2.50. The average molecular weight is 280 g/mol. The van der Waals surface area contributed by atoms with Gasteiger partial charge in [-0.15, -0.1) is 10.2 Å². The van der Waals surface area contributed by atoms with E-state index in [2.05, 4.69) is 24.6 Å². The molecule has 0 spiro atoms. The van der Waals surface area contributed by atoms with Gasteiger partial charge < -0.3 is 9.47 Å². The number of nitrogens with zero attached hydrogens (tertiary/aromatic N) is 6. The van der Waals surface area contributed by atoms with Crippen LogP contribution in [0.2, 0.25) is 0 Å². The summed E-state index contributed by atoms with van der Waals surface area (Å²) in [6, 6.07) is 8.48. The summed E-state index contributed by atoms with van der Waals surface area (Å²) in [5.74, 6) is 0.968. The maximum atomic E-state index is 4.72. The van der Waals surface area contributed by atoms with Crippen molar-refractivity contribution in [3.8, 4) is 0 Å². The van der Waals surface area contributed by atoms with Gasteiger partial charge in [0, 0.05) is 19.1 Å². The third-order valence-electron chi connectivity index (χ3n) is 4.08. The molecular weight excluding hydrogens is 264 g/mol. The predicted molar refractivity (Wildman–Crippen MR) is 80.0 cm³/mol. The van der Waals surface area contributed by atoms with Crippen molar-refractivity contribution in [1.29, 1.82) is 0 Å². The molecule has 1 aromatic carbocycles. The third-order valence-corrected chi connectivity index (χ3v) is 4.08. The molecule has 3 aromatic rings. The normalized spacial score (nSPS) is 16.5. The molecule has 4 rings (SSSR count). The zero-order valence-electron chi connectivity index (χ0n) is 11.6. The predicted octanol–water partition coefficient (Wildman–Crippen LogP) is 2.06. The van der Waals surface area contributed by atoms with Crippen LogP contribution in [0, 0.1) is 0 Å². The van der Waals surface area contributed by atoms with Crippen molar-refractivity contribution >= 4 is 16.9 Å². The molecule has 0 aliphatic carbocycles. The maximum absolute atomic E-state index is 4.72. The molecule has 2 aromatic heterocycles. The number of para-hydroxylation sites is 2. The zero-order valence-corrected chi connectivity index (χ0v) is 11.6. The first-order chi connectivity index (χ1) is 10.4. The van der Waals surface area contributed by atoms with Gasteiger partial charge in [-0.25, -0.2) is 4.98 Å². The molecule has 1 fully saturated rings. The lowest BCUT2D eigenvalue weighted by Gasteiger charge is -2.32. The van der Waals surface area contributed by atoms with Crippen LogP contribution < -0.4 is 4.90 Å². The van der Waals surface area contributed by atoms with Gasteiger partial charge in [0.25, 0.3) is 0 Å². The first-order valence-corrected chi connectivity index (χ1v) is 7.21. The lowest BCUT2D eigenvalue weighted by Crippen LogP contribution is -2.35. The van der Waals surface area contributed by atoms with E-state index in [0.29, 0.717) is 6.04 Å². The molecular formula is C15H16N6. The van der Waals surface area contributed by atoms with Crippen molar-refractivity contribution in [2.45, 2.75) is 18.9 Å². The van der Waals surface area contributed by atoms with E-state index in [9.17, 15) is 0 Å². The molecule has 0 bridgehead atoms. The summed E-state index contributed by atoms with van der Waals surface area (Å²) in [6.45, 7) is 1.96. The van der Waals surface area contributed by atoms with Crippen molar-refractivity contribution in [3.63, 3.8) is 0 Å². The molecule has 0 atom stereocenters. The molecule has 106 valence electrons. The van der Waals surface area contributed by atoms with Crippen molar-refractivity contribution in [2.24, 2.45) is 0 Å². The van der Waals surface area contributed by atoms with Crippen LogP contribution in [0.5, 0.6) is 0 Å². The summed E-state index contributed by atoms with van der Waals surface area (Å²) in [5.41, 5.74) is 1.90. The van der Waals surface area contributed by atoms with Gasteiger partial charge in [0.2, 0.25) is 0 Å². The van der Waals surface area contributed by atoms with E-state index in [-0.39, 0.29) is 0 Å². The molecule has 6 heteroatoms. The number of benzene rings is 1. The van der Waals surface area contributed by atoms with Crippen LogP contribution in [0.3, 0.4) is 0 Å². The van der Waals surface area contributed by atoms with E-state index >= 15 is 0 Å². The summed E-state index contributed by atoms with van der Waals surface area (Å²) in [4.78, 5) is 11.5. The van der Waals surface area contributed by atoms with E-state index < -0.39 is 0 Å². The quantitative estimate of drug-likeness (QED) is 0.719. The second-order valence-corrected chi connectivity index (χ2v) is 5.34. The van der Waals surface area contributed by atoms with Gasteiger partial charge in [-0.2, -0.15) is 0 Å². The molecule has 3 heterocycles. The minimum atomic E-state index is 0.490. The second-order valence-electron chi connectivity index (χ2n) is 5.34. The number of hydrogen-bond acceptors (Lipinski definition) is 5. The fourth-order valence-corrected chi connectivity index (χ4v) is 2.89. The lowest BCUT2D eigenvalue weighted by molar-refractivity contribution is 0.394. The van der Waals surface area contributed by atoms with Crippen LogP contribution >= 0.6 is 0 Å².